The minimum atomic E-state index is 0.300. The van der Waals surface area contributed by atoms with Crippen molar-refractivity contribution in [1.29, 1.82) is 0 Å². The molecule has 0 aliphatic carbocycles. The Kier molecular flexibility index (Phi) is 3.48. The van der Waals surface area contributed by atoms with Crippen LogP contribution in [0.4, 0.5) is 0 Å². The van der Waals surface area contributed by atoms with Gasteiger partial charge in [-0.25, -0.2) is 0 Å². The lowest BCUT2D eigenvalue weighted by Gasteiger charge is -2.14. The Morgan fingerprint density at radius 1 is 1.22 bits per heavy atom. The van der Waals surface area contributed by atoms with Crippen LogP contribution in [0.1, 0.15) is 36.8 Å². The molecule has 0 saturated heterocycles. The highest BCUT2D eigenvalue weighted by Crippen LogP contribution is 2.25. The molecule has 4 heteroatoms. The number of aryl methyl sites for hydroxylation is 2. The lowest BCUT2D eigenvalue weighted by Crippen LogP contribution is -2.11. The Balaban J connectivity index is 2.60. The van der Waals surface area contributed by atoms with Gasteiger partial charge in [-0.1, -0.05) is 23.8 Å². The summed E-state index contributed by atoms with van der Waals surface area (Å²) in [6.07, 6.45) is 0. The van der Waals surface area contributed by atoms with Gasteiger partial charge in [0.15, 0.2) is 5.82 Å². The molecule has 1 aromatic carbocycles. The van der Waals surface area contributed by atoms with Gasteiger partial charge < -0.3 is 10.3 Å². The fourth-order valence-electron chi connectivity index (χ4n) is 2.25. The molecular formula is C14H20N4. The predicted molar refractivity (Wildman–Crippen MR) is 73.2 cm³/mol. The molecule has 2 rings (SSSR count). The fraction of sp³-hybridized carbons (Fsp3) is 0.429. The molecule has 0 atom stereocenters. The van der Waals surface area contributed by atoms with Crippen LogP contribution < -0.4 is 5.73 Å². The average molecular weight is 244 g/mol. The fourth-order valence-corrected chi connectivity index (χ4v) is 2.25. The maximum Gasteiger partial charge on any atom is 0.164 e. The lowest BCUT2D eigenvalue weighted by atomic mass is 10.0. The third kappa shape index (κ3) is 2.16. The van der Waals surface area contributed by atoms with E-state index in [-0.39, 0.29) is 0 Å². The molecular weight excluding hydrogens is 224 g/mol. The van der Waals surface area contributed by atoms with Gasteiger partial charge in [-0.3, -0.25) is 0 Å². The first-order chi connectivity index (χ1) is 8.54. The molecule has 96 valence electrons. The van der Waals surface area contributed by atoms with Crippen molar-refractivity contribution < 1.29 is 0 Å². The van der Waals surface area contributed by atoms with Crippen LogP contribution in [0.5, 0.6) is 0 Å². The average Bonchev–Trinajstić information content (AvgIpc) is 2.72. The van der Waals surface area contributed by atoms with Gasteiger partial charge in [0.05, 0.1) is 6.54 Å². The van der Waals surface area contributed by atoms with E-state index in [0.717, 1.165) is 17.2 Å². The summed E-state index contributed by atoms with van der Waals surface area (Å²) in [6.45, 7) is 8.85. The second kappa shape index (κ2) is 4.90. The standard InChI is InChI=1S/C14H20N4/c1-9(2)18-13(8-15)16-17-14(18)12-6-5-10(3)7-11(12)4/h5-7,9H,8,15H2,1-4H3. The molecule has 0 aliphatic heterocycles. The molecule has 1 heterocycles. The number of aromatic nitrogens is 3. The van der Waals surface area contributed by atoms with E-state index in [9.17, 15) is 0 Å². The molecule has 2 N–H and O–H groups in total. The van der Waals surface area contributed by atoms with Gasteiger partial charge in [-0.15, -0.1) is 10.2 Å². The topological polar surface area (TPSA) is 56.7 Å². The summed E-state index contributed by atoms with van der Waals surface area (Å²) < 4.78 is 2.11. The van der Waals surface area contributed by atoms with Gasteiger partial charge in [0.25, 0.3) is 0 Å². The van der Waals surface area contributed by atoms with Gasteiger partial charge in [0.2, 0.25) is 0 Å². The number of nitrogens with two attached hydrogens (primary N) is 1. The van der Waals surface area contributed by atoms with Crippen LogP contribution in [0.2, 0.25) is 0 Å². The second-order valence-corrected chi connectivity index (χ2v) is 4.93. The van der Waals surface area contributed by atoms with Crippen LogP contribution in [0.15, 0.2) is 18.2 Å². The first kappa shape index (κ1) is 12.8. The molecule has 2 aromatic rings. The van der Waals surface area contributed by atoms with Crippen molar-refractivity contribution in [3.05, 3.63) is 35.2 Å². The summed E-state index contributed by atoms with van der Waals surface area (Å²) in [7, 11) is 0. The predicted octanol–water partition coefficient (Wildman–Crippen LogP) is 2.60. The lowest BCUT2D eigenvalue weighted by molar-refractivity contribution is 0.574. The smallest absolute Gasteiger partial charge is 0.164 e. The number of hydrogen-bond acceptors (Lipinski definition) is 3. The quantitative estimate of drug-likeness (QED) is 0.903. The molecule has 0 fully saturated rings. The first-order valence-electron chi connectivity index (χ1n) is 6.26. The van der Waals surface area contributed by atoms with E-state index in [0.29, 0.717) is 12.6 Å². The molecule has 4 nitrogen and oxygen atoms in total. The van der Waals surface area contributed by atoms with E-state index in [1.54, 1.807) is 0 Å². The Labute approximate surface area is 108 Å². The molecule has 1 aromatic heterocycles. The zero-order chi connectivity index (χ0) is 13.3. The van der Waals surface area contributed by atoms with Crippen LogP contribution >= 0.6 is 0 Å². The van der Waals surface area contributed by atoms with Crippen molar-refractivity contribution in [2.75, 3.05) is 0 Å². The van der Waals surface area contributed by atoms with Crippen molar-refractivity contribution in [1.82, 2.24) is 14.8 Å². The molecule has 18 heavy (non-hydrogen) atoms. The van der Waals surface area contributed by atoms with Crippen LogP contribution in [-0.4, -0.2) is 14.8 Å². The molecule has 0 amide bonds. The van der Waals surface area contributed by atoms with Crippen molar-refractivity contribution in [3.63, 3.8) is 0 Å². The maximum atomic E-state index is 5.72. The molecule has 0 saturated carbocycles. The molecule has 0 aliphatic rings. The summed E-state index contributed by atoms with van der Waals surface area (Å²) >= 11 is 0. The highest BCUT2D eigenvalue weighted by Gasteiger charge is 2.16. The Bertz CT molecular complexity index is 555. The van der Waals surface area contributed by atoms with Crippen molar-refractivity contribution in [2.24, 2.45) is 5.73 Å². The molecule has 0 bridgehead atoms. The van der Waals surface area contributed by atoms with Crippen LogP contribution in [0, 0.1) is 13.8 Å². The minimum absolute atomic E-state index is 0.300. The van der Waals surface area contributed by atoms with Crippen LogP contribution in [0.25, 0.3) is 11.4 Å². The highest BCUT2D eigenvalue weighted by atomic mass is 15.3. The Morgan fingerprint density at radius 2 is 1.94 bits per heavy atom. The van der Waals surface area contributed by atoms with Gasteiger partial charge in [0.1, 0.15) is 5.82 Å². The minimum Gasteiger partial charge on any atom is -0.324 e. The van der Waals surface area contributed by atoms with Crippen LogP contribution in [0.3, 0.4) is 0 Å². The number of hydrogen-bond donors (Lipinski definition) is 1. The number of nitrogens with zero attached hydrogens (tertiary/aromatic N) is 3. The molecule has 0 spiro atoms. The summed E-state index contributed by atoms with van der Waals surface area (Å²) in [5.41, 5.74) is 9.32. The number of rotatable bonds is 3. The summed E-state index contributed by atoms with van der Waals surface area (Å²) in [5, 5.41) is 8.49. The largest absolute Gasteiger partial charge is 0.324 e. The normalized spacial score (nSPS) is 11.2. The molecule has 0 radical (unpaired) electrons. The summed E-state index contributed by atoms with van der Waals surface area (Å²) in [6, 6.07) is 6.67. The van der Waals surface area contributed by atoms with Crippen LogP contribution in [-0.2, 0) is 6.54 Å². The van der Waals surface area contributed by atoms with E-state index in [1.165, 1.54) is 11.1 Å². The molecule has 0 unspecified atom stereocenters. The van der Waals surface area contributed by atoms with E-state index < -0.39 is 0 Å². The second-order valence-electron chi connectivity index (χ2n) is 4.93. The number of benzene rings is 1. The highest BCUT2D eigenvalue weighted by molar-refractivity contribution is 5.61. The van der Waals surface area contributed by atoms with E-state index in [1.807, 2.05) is 0 Å². The van der Waals surface area contributed by atoms with Gasteiger partial charge in [-0.05, 0) is 33.3 Å². The van der Waals surface area contributed by atoms with Gasteiger partial charge in [0, 0.05) is 11.6 Å². The zero-order valence-electron chi connectivity index (χ0n) is 11.4. The van der Waals surface area contributed by atoms with Gasteiger partial charge in [-0.2, -0.15) is 0 Å². The SMILES string of the molecule is Cc1ccc(-c2nnc(CN)n2C(C)C)c(C)c1. The Hall–Kier alpha value is -1.68. The van der Waals surface area contributed by atoms with Gasteiger partial charge >= 0.3 is 0 Å². The third-order valence-electron chi connectivity index (χ3n) is 3.09. The van der Waals surface area contributed by atoms with E-state index in [2.05, 4.69) is 60.7 Å². The van der Waals surface area contributed by atoms with E-state index >= 15 is 0 Å². The van der Waals surface area contributed by atoms with Crippen molar-refractivity contribution in [3.8, 4) is 11.4 Å². The van der Waals surface area contributed by atoms with Crippen molar-refractivity contribution in [2.45, 2.75) is 40.3 Å². The summed E-state index contributed by atoms with van der Waals surface area (Å²) in [4.78, 5) is 0. The Morgan fingerprint density at radius 3 is 2.50 bits per heavy atom. The summed E-state index contributed by atoms with van der Waals surface area (Å²) in [5.74, 6) is 1.74. The first-order valence-corrected chi connectivity index (χ1v) is 6.26. The maximum absolute atomic E-state index is 5.72. The monoisotopic (exact) mass is 244 g/mol. The van der Waals surface area contributed by atoms with Crippen molar-refractivity contribution >= 4 is 0 Å². The zero-order valence-corrected chi connectivity index (χ0v) is 11.4. The third-order valence-corrected chi connectivity index (χ3v) is 3.09. The van der Waals surface area contributed by atoms with E-state index in [4.69, 9.17) is 5.73 Å².